The predicted octanol–water partition coefficient (Wildman–Crippen LogP) is 9.23. The average Bonchev–Trinajstić information content (AvgIpc) is 2.92. The molecule has 35 heavy (non-hydrogen) atoms. The largest absolute Gasteiger partial charge is 0.385 e. The number of ether oxygens (including phenoxy) is 1. The summed E-state index contributed by atoms with van der Waals surface area (Å²) in [5.41, 5.74) is 3.89. The molecule has 1 nitrogen and oxygen atoms in total. The highest BCUT2D eigenvalue weighted by atomic mass is 16.5. The Morgan fingerprint density at radius 3 is 1.63 bits per heavy atom. The lowest BCUT2D eigenvalue weighted by atomic mass is 9.56. The third kappa shape index (κ3) is 6.73. The minimum atomic E-state index is -0.244. The molecular weight excluding hydrogens is 424 g/mol. The van der Waals surface area contributed by atoms with Crippen molar-refractivity contribution >= 4 is 0 Å². The predicted molar refractivity (Wildman–Crippen MR) is 151 cm³/mol. The Balaban J connectivity index is 2.26. The maximum Gasteiger partial charge on any atom is 0.0485 e. The van der Waals surface area contributed by atoms with Gasteiger partial charge in [0.1, 0.15) is 0 Å². The highest BCUT2D eigenvalue weighted by molar-refractivity contribution is 5.51. The van der Waals surface area contributed by atoms with E-state index in [-0.39, 0.29) is 5.41 Å². The monoisotopic (exact) mass is 468 g/mol. The van der Waals surface area contributed by atoms with Gasteiger partial charge in [0.15, 0.2) is 0 Å². The van der Waals surface area contributed by atoms with Gasteiger partial charge in [0.2, 0.25) is 0 Å². The zero-order valence-electron chi connectivity index (χ0n) is 22.0. The van der Waals surface area contributed by atoms with E-state index in [9.17, 15) is 0 Å². The lowest BCUT2D eigenvalue weighted by Crippen LogP contribution is -2.42. The first-order chi connectivity index (χ1) is 17.3. The van der Waals surface area contributed by atoms with Gasteiger partial charge in [0.05, 0.1) is 0 Å². The zero-order chi connectivity index (χ0) is 24.8. The lowest BCUT2D eigenvalue weighted by Gasteiger charge is -2.46. The van der Waals surface area contributed by atoms with Crippen LogP contribution >= 0.6 is 0 Å². The van der Waals surface area contributed by atoms with Crippen molar-refractivity contribution in [1.82, 2.24) is 0 Å². The highest BCUT2D eigenvalue weighted by Crippen LogP contribution is 2.51. The molecule has 3 aromatic carbocycles. The summed E-state index contributed by atoms with van der Waals surface area (Å²) in [5.74, 6) is 0.886. The Morgan fingerprint density at radius 2 is 1.20 bits per heavy atom. The normalized spacial score (nSPS) is 13.7. The molecule has 2 unspecified atom stereocenters. The smallest absolute Gasteiger partial charge is 0.0485 e. The second kappa shape index (κ2) is 14.7. The summed E-state index contributed by atoms with van der Waals surface area (Å²) in [7, 11) is 1.82. The van der Waals surface area contributed by atoms with Gasteiger partial charge in [-0.15, -0.1) is 0 Å². The van der Waals surface area contributed by atoms with Gasteiger partial charge < -0.3 is 4.74 Å². The molecule has 1 heteroatoms. The minimum Gasteiger partial charge on any atom is -0.385 e. The summed E-state index contributed by atoms with van der Waals surface area (Å²) in [4.78, 5) is 0. The van der Waals surface area contributed by atoms with Crippen molar-refractivity contribution in [3.05, 3.63) is 120 Å². The third-order valence-corrected chi connectivity index (χ3v) is 7.45. The molecule has 0 fully saturated rings. The van der Waals surface area contributed by atoms with E-state index in [1.807, 2.05) is 7.11 Å². The van der Waals surface area contributed by atoms with Gasteiger partial charge in [0, 0.05) is 19.1 Å². The van der Waals surface area contributed by atoms with Gasteiger partial charge in [-0.2, -0.15) is 0 Å². The Kier molecular flexibility index (Phi) is 11.3. The van der Waals surface area contributed by atoms with E-state index in [0.717, 1.165) is 19.4 Å². The maximum atomic E-state index is 5.56. The first-order valence-electron chi connectivity index (χ1n) is 13.6. The van der Waals surface area contributed by atoms with Crippen molar-refractivity contribution in [1.29, 1.82) is 0 Å². The van der Waals surface area contributed by atoms with Crippen LogP contribution < -0.4 is 0 Å². The van der Waals surface area contributed by atoms with Crippen LogP contribution in [-0.4, -0.2) is 13.7 Å². The SMILES string of the molecule is CC=CC(CCCCCC)C(CCCOC)C(c1ccccc1)(c1ccccc1)c1ccccc1. The molecule has 0 aliphatic rings. The molecule has 0 aromatic heterocycles. The van der Waals surface area contributed by atoms with Crippen LogP contribution in [0.15, 0.2) is 103 Å². The van der Waals surface area contributed by atoms with Gasteiger partial charge in [-0.1, -0.05) is 136 Å². The molecule has 0 saturated carbocycles. The first-order valence-corrected chi connectivity index (χ1v) is 13.6. The Morgan fingerprint density at radius 1 is 0.686 bits per heavy atom. The van der Waals surface area contributed by atoms with Crippen LogP contribution in [0.1, 0.15) is 75.5 Å². The number of hydrogen-bond donors (Lipinski definition) is 0. The van der Waals surface area contributed by atoms with E-state index >= 15 is 0 Å². The summed E-state index contributed by atoms with van der Waals surface area (Å²) in [5, 5.41) is 0. The van der Waals surface area contributed by atoms with Crippen LogP contribution in [0.2, 0.25) is 0 Å². The zero-order valence-corrected chi connectivity index (χ0v) is 22.0. The molecule has 2 atom stereocenters. The van der Waals surface area contributed by atoms with Gasteiger partial charge in [0.25, 0.3) is 0 Å². The van der Waals surface area contributed by atoms with Crippen LogP contribution in [0.5, 0.6) is 0 Å². The molecule has 0 aliphatic carbocycles. The van der Waals surface area contributed by atoms with Crippen molar-refractivity contribution < 1.29 is 4.74 Å². The molecule has 0 amide bonds. The molecule has 0 bridgehead atoms. The first kappa shape index (κ1) is 27.0. The Hall–Kier alpha value is -2.64. The summed E-state index contributed by atoms with van der Waals surface area (Å²) < 4.78 is 5.56. The van der Waals surface area contributed by atoms with Crippen LogP contribution in [-0.2, 0) is 10.2 Å². The van der Waals surface area contributed by atoms with Crippen molar-refractivity contribution in [3.8, 4) is 0 Å². The summed E-state index contributed by atoms with van der Waals surface area (Å²) >= 11 is 0. The van der Waals surface area contributed by atoms with Gasteiger partial charge >= 0.3 is 0 Å². The Labute approximate surface area is 214 Å². The van der Waals surface area contributed by atoms with E-state index in [0.29, 0.717) is 11.8 Å². The quantitative estimate of drug-likeness (QED) is 0.123. The number of rotatable bonds is 15. The van der Waals surface area contributed by atoms with Crippen LogP contribution in [0.3, 0.4) is 0 Å². The number of hydrogen-bond acceptors (Lipinski definition) is 1. The second-order valence-electron chi connectivity index (χ2n) is 9.69. The summed E-state index contributed by atoms with van der Waals surface area (Å²) in [6, 6.07) is 33.7. The molecule has 0 N–H and O–H groups in total. The fourth-order valence-corrected chi connectivity index (χ4v) is 5.93. The number of allylic oxidation sites excluding steroid dienone is 2. The minimum absolute atomic E-state index is 0.244. The summed E-state index contributed by atoms with van der Waals surface area (Å²) in [6.07, 6.45) is 13.3. The number of methoxy groups -OCH3 is 1. The topological polar surface area (TPSA) is 9.23 Å². The van der Waals surface area contributed by atoms with E-state index in [1.54, 1.807) is 0 Å². The van der Waals surface area contributed by atoms with E-state index in [4.69, 9.17) is 4.74 Å². The second-order valence-corrected chi connectivity index (χ2v) is 9.69. The molecule has 3 aromatic rings. The molecule has 0 saturated heterocycles. The number of benzene rings is 3. The molecule has 0 heterocycles. The van der Waals surface area contributed by atoms with Crippen molar-refractivity contribution in [3.63, 3.8) is 0 Å². The van der Waals surface area contributed by atoms with Crippen molar-refractivity contribution in [2.24, 2.45) is 11.8 Å². The van der Waals surface area contributed by atoms with Gasteiger partial charge in [-0.05, 0) is 54.7 Å². The van der Waals surface area contributed by atoms with Gasteiger partial charge in [-0.25, -0.2) is 0 Å². The van der Waals surface area contributed by atoms with Gasteiger partial charge in [-0.3, -0.25) is 0 Å². The van der Waals surface area contributed by atoms with Crippen LogP contribution in [0.25, 0.3) is 0 Å². The molecule has 0 radical (unpaired) electrons. The van der Waals surface area contributed by atoms with Crippen LogP contribution in [0.4, 0.5) is 0 Å². The standard InChI is InChI=1S/C34H44O/c1-4-6-7-11-20-29(19-5-2)33(27-18-28-35-3)34(30-21-12-8-13-22-30,31-23-14-9-15-24-31)32-25-16-10-17-26-32/h5,8-10,12-17,19,21-26,29,33H,4,6-7,11,18,20,27-28H2,1-3H3. The van der Waals surface area contributed by atoms with E-state index in [2.05, 4.69) is 117 Å². The lowest BCUT2D eigenvalue weighted by molar-refractivity contribution is 0.169. The van der Waals surface area contributed by atoms with Crippen molar-refractivity contribution in [2.45, 2.75) is 64.2 Å². The molecule has 0 aliphatic heterocycles. The fraction of sp³-hybridized carbons (Fsp3) is 0.412. The fourth-order valence-electron chi connectivity index (χ4n) is 5.93. The third-order valence-electron chi connectivity index (χ3n) is 7.45. The molecule has 0 spiro atoms. The molecule has 3 rings (SSSR count). The molecular formula is C34H44O. The Bertz CT molecular complexity index is 865. The molecule has 186 valence electrons. The average molecular weight is 469 g/mol. The van der Waals surface area contributed by atoms with Crippen LogP contribution in [0, 0.1) is 11.8 Å². The van der Waals surface area contributed by atoms with Crippen molar-refractivity contribution in [2.75, 3.05) is 13.7 Å². The van der Waals surface area contributed by atoms with E-state index in [1.165, 1.54) is 48.8 Å². The summed E-state index contributed by atoms with van der Waals surface area (Å²) in [6.45, 7) is 5.27. The maximum absolute atomic E-state index is 5.56. The highest BCUT2D eigenvalue weighted by Gasteiger charge is 2.45. The number of unbranched alkanes of at least 4 members (excludes halogenated alkanes) is 3. The van der Waals surface area contributed by atoms with E-state index < -0.39 is 0 Å².